The van der Waals surface area contributed by atoms with E-state index in [4.69, 9.17) is 26.4 Å². The van der Waals surface area contributed by atoms with E-state index in [1.54, 1.807) is 25.1 Å². The number of carbonyl (C=O) groups excluding carboxylic acids is 2. The molecule has 2 rings (SSSR count). The molecule has 0 bridgehead atoms. The Morgan fingerprint density at radius 1 is 1.32 bits per heavy atom. The summed E-state index contributed by atoms with van der Waals surface area (Å²) in [6, 6.07) is 4.53. The molecule has 0 amide bonds. The molecule has 0 aliphatic carbocycles. The molecule has 1 aliphatic rings. The second kappa shape index (κ2) is 7.98. The zero-order valence-corrected chi connectivity index (χ0v) is 15.1. The number of ether oxygens (including phenoxy) is 3. The third-order valence-electron chi connectivity index (χ3n) is 3.61. The molecule has 0 spiro atoms. The van der Waals surface area contributed by atoms with Gasteiger partial charge in [0, 0.05) is 12.6 Å². The summed E-state index contributed by atoms with van der Waals surface area (Å²) in [7, 11) is 1.47. The Morgan fingerprint density at radius 3 is 2.64 bits per heavy atom. The lowest BCUT2D eigenvalue weighted by Gasteiger charge is -2.35. The third-order valence-corrected chi connectivity index (χ3v) is 3.83. The van der Waals surface area contributed by atoms with Gasteiger partial charge in [0.05, 0.1) is 19.8 Å². The smallest absolute Gasteiger partial charge is 0.317 e. The molecule has 0 radical (unpaired) electrons. The fourth-order valence-electron chi connectivity index (χ4n) is 2.59. The molecule has 2 unspecified atom stereocenters. The van der Waals surface area contributed by atoms with E-state index in [-0.39, 0.29) is 6.61 Å². The Hall–Kier alpha value is -2.61. The fraction of sp³-hybridized carbons (Fsp3) is 0.353. The first-order chi connectivity index (χ1) is 11.9. The molecular formula is C17H20N2O5S. The topological polar surface area (TPSA) is 85.9 Å². The van der Waals surface area contributed by atoms with Gasteiger partial charge in [0.15, 0.2) is 16.6 Å². The van der Waals surface area contributed by atoms with E-state index in [2.05, 4.69) is 17.2 Å². The molecule has 1 aromatic carbocycles. The zero-order valence-electron chi connectivity index (χ0n) is 14.3. The molecule has 0 saturated carbocycles. The molecule has 8 heteroatoms. The molecule has 2 atom stereocenters. The van der Waals surface area contributed by atoms with E-state index in [9.17, 15) is 9.59 Å². The van der Waals surface area contributed by atoms with Gasteiger partial charge >= 0.3 is 11.9 Å². The summed E-state index contributed by atoms with van der Waals surface area (Å²) < 4.78 is 15.5. The average molecular weight is 364 g/mol. The maximum absolute atomic E-state index is 12.4. The first kappa shape index (κ1) is 18.7. The highest BCUT2D eigenvalue weighted by Crippen LogP contribution is 2.36. The van der Waals surface area contributed by atoms with Gasteiger partial charge in [-0.25, -0.2) is 0 Å². The van der Waals surface area contributed by atoms with Crippen LogP contribution in [0.3, 0.4) is 0 Å². The summed E-state index contributed by atoms with van der Waals surface area (Å²) in [5, 5.41) is 6.28. The van der Waals surface area contributed by atoms with Gasteiger partial charge < -0.3 is 24.8 Å². The van der Waals surface area contributed by atoms with Crippen LogP contribution in [0.15, 0.2) is 30.5 Å². The predicted molar refractivity (Wildman–Crippen MR) is 95.2 cm³/mol. The van der Waals surface area contributed by atoms with Crippen molar-refractivity contribution in [1.29, 1.82) is 0 Å². The van der Waals surface area contributed by atoms with Crippen molar-refractivity contribution in [2.24, 2.45) is 5.92 Å². The maximum Gasteiger partial charge on any atom is 0.317 e. The van der Waals surface area contributed by atoms with Crippen molar-refractivity contribution < 1.29 is 23.8 Å². The highest BCUT2D eigenvalue weighted by Gasteiger charge is 2.38. The highest BCUT2D eigenvalue weighted by molar-refractivity contribution is 7.80. The van der Waals surface area contributed by atoms with Crippen molar-refractivity contribution >= 4 is 29.3 Å². The van der Waals surface area contributed by atoms with Gasteiger partial charge in [-0.3, -0.25) is 9.59 Å². The van der Waals surface area contributed by atoms with Gasteiger partial charge in [-0.2, -0.15) is 0 Å². The van der Waals surface area contributed by atoms with Crippen LogP contribution in [-0.2, 0) is 14.3 Å². The highest BCUT2D eigenvalue weighted by atomic mass is 32.1. The maximum atomic E-state index is 12.4. The monoisotopic (exact) mass is 364 g/mol. The number of rotatable bonds is 5. The van der Waals surface area contributed by atoms with Crippen molar-refractivity contribution in [1.82, 2.24) is 10.6 Å². The van der Waals surface area contributed by atoms with Gasteiger partial charge in [0.25, 0.3) is 0 Å². The zero-order chi connectivity index (χ0) is 18.6. The van der Waals surface area contributed by atoms with Crippen molar-refractivity contribution in [2.75, 3.05) is 13.7 Å². The SMILES string of the molecule is C=C1NC(=S)NC(c2ccc(OC(C)=O)c(OC)c2)C1C(=O)OCC. The van der Waals surface area contributed by atoms with E-state index in [1.165, 1.54) is 14.0 Å². The summed E-state index contributed by atoms with van der Waals surface area (Å²) in [5.41, 5.74) is 1.17. The number of benzene rings is 1. The third kappa shape index (κ3) is 4.27. The van der Waals surface area contributed by atoms with Gasteiger partial charge in [-0.15, -0.1) is 0 Å². The number of methoxy groups -OCH3 is 1. The molecule has 1 aromatic rings. The van der Waals surface area contributed by atoms with Crippen molar-refractivity contribution in [3.63, 3.8) is 0 Å². The molecule has 7 nitrogen and oxygen atoms in total. The predicted octanol–water partition coefficient (Wildman–Crippen LogP) is 1.83. The van der Waals surface area contributed by atoms with Crippen LogP contribution in [0.4, 0.5) is 0 Å². The number of hydrogen-bond donors (Lipinski definition) is 2. The van der Waals surface area contributed by atoms with Crippen LogP contribution in [0.5, 0.6) is 11.5 Å². The number of carbonyl (C=O) groups is 2. The molecule has 1 heterocycles. The number of thiocarbonyl (C=S) groups is 1. The fourth-order valence-corrected chi connectivity index (χ4v) is 2.85. The lowest BCUT2D eigenvalue weighted by Crippen LogP contribution is -2.51. The lowest BCUT2D eigenvalue weighted by molar-refractivity contribution is -0.147. The molecular weight excluding hydrogens is 344 g/mol. The van der Waals surface area contributed by atoms with Gasteiger partial charge in [-0.1, -0.05) is 12.6 Å². The Balaban J connectivity index is 2.41. The largest absolute Gasteiger partial charge is 0.493 e. The minimum atomic E-state index is -0.670. The van der Waals surface area contributed by atoms with Crippen LogP contribution >= 0.6 is 12.2 Å². The Labute approximate surface area is 151 Å². The van der Waals surface area contributed by atoms with E-state index in [1.807, 2.05) is 0 Å². The normalized spacial score (nSPS) is 19.5. The van der Waals surface area contributed by atoms with Crippen LogP contribution < -0.4 is 20.1 Å². The second-order valence-corrected chi connectivity index (χ2v) is 5.74. The van der Waals surface area contributed by atoms with E-state index in [0.29, 0.717) is 22.3 Å². The van der Waals surface area contributed by atoms with Crippen LogP contribution in [0.25, 0.3) is 0 Å². The van der Waals surface area contributed by atoms with E-state index < -0.39 is 23.9 Å². The van der Waals surface area contributed by atoms with Crippen LogP contribution in [0.1, 0.15) is 25.5 Å². The summed E-state index contributed by atoms with van der Waals surface area (Å²) in [6.45, 7) is 7.19. The van der Waals surface area contributed by atoms with Gasteiger partial charge in [0.1, 0.15) is 5.92 Å². The van der Waals surface area contributed by atoms with E-state index in [0.717, 1.165) is 5.56 Å². The molecule has 1 aliphatic heterocycles. The van der Waals surface area contributed by atoms with E-state index >= 15 is 0 Å². The van der Waals surface area contributed by atoms with Crippen molar-refractivity contribution in [2.45, 2.75) is 19.9 Å². The summed E-state index contributed by atoms with van der Waals surface area (Å²) in [5.74, 6) is -0.877. The van der Waals surface area contributed by atoms with Crippen molar-refractivity contribution in [3.8, 4) is 11.5 Å². The lowest BCUT2D eigenvalue weighted by atomic mass is 9.89. The molecule has 1 saturated heterocycles. The quantitative estimate of drug-likeness (QED) is 0.465. The van der Waals surface area contributed by atoms with Crippen LogP contribution in [-0.4, -0.2) is 30.8 Å². The Morgan fingerprint density at radius 2 is 2.04 bits per heavy atom. The second-order valence-electron chi connectivity index (χ2n) is 5.34. The minimum absolute atomic E-state index is 0.258. The summed E-state index contributed by atoms with van der Waals surface area (Å²) in [6.07, 6.45) is 0. The minimum Gasteiger partial charge on any atom is -0.493 e. The van der Waals surface area contributed by atoms with Crippen LogP contribution in [0.2, 0.25) is 0 Å². The first-order valence-corrected chi connectivity index (χ1v) is 8.07. The summed E-state index contributed by atoms with van der Waals surface area (Å²) >= 11 is 5.17. The molecule has 0 aromatic heterocycles. The number of hydrogen-bond acceptors (Lipinski definition) is 6. The van der Waals surface area contributed by atoms with Crippen LogP contribution in [0, 0.1) is 5.92 Å². The Kier molecular flexibility index (Phi) is 5.97. The molecule has 2 N–H and O–H groups in total. The summed E-state index contributed by atoms with van der Waals surface area (Å²) in [4.78, 5) is 23.5. The molecule has 134 valence electrons. The first-order valence-electron chi connectivity index (χ1n) is 7.66. The number of esters is 2. The molecule has 1 fully saturated rings. The van der Waals surface area contributed by atoms with Crippen molar-refractivity contribution in [3.05, 3.63) is 36.0 Å². The standard InChI is InChI=1S/C17H20N2O5S/c1-5-23-16(21)14-9(2)18-17(25)19-15(14)11-6-7-12(24-10(3)20)13(8-11)22-4/h6-8,14-15H,2,5H2,1,3-4H3,(H2,18,19,25). The van der Waals surface area contributed by atoms with Gasteiger partial charge in [0.2, 0.25) is 0 Å². The average Bonchev–Trinajstić information content (AvgIpc) is 2.54. The number of nitrogens with one attached hydrogen (secondary N) is 2. The van der Waals surface area contributed by atoms with Gasteiger partial charge in [-0.05, 0) is 36.8 Å². The molecule has 25 heavy (non-hydrogen) atoms. The Bertz CT molecular complexity index is 719.